The molecule has 2 heterocycles. The highest BCUT2D eigenvalue weighted by Crippen LogP contribution is 2.34. The van der Waals surface area contributed by atoms with Crippen molar-refractivity contribution >= 4 is 28.9 Å². The van der Waals surface area contributed by atoms with Crippen LogP contribution in [0.25, 0.3) is 6.08 Å². The maximum atomic E-state index is 12.6. The summed E-state index contributed by atoms with van der Waals surface area (Å²) in [5.74, 6) is 0.943. The second-order valence-electron chi connectivity index (χ2n) is 5.79. The monoisotopic (exact) mass is 328 g/mol. The fraction of sp³-hybridized carbons (Fsp3) is 0.333. The maximum absolute atomic E-state index is 12.6. The number of amides is 1. The van der Waals surface area contributed by atoms with Crippen LogP contribution in [0.3, 0.4) is 0 Å². The number of nitrogens with zero attached hydrogens (tertiary/aromatic N) is 2. The molecule has 1 amide bonds. The molecule has 0 saturated carbocycles. The van der Waals surface area contributed by atoms with Crippen LogP contribution in [0.15, 0.2) is 40.8 Å². The Morgan fingerprint density at radius 1 is 1.48 bits per heavy atom. The van der Waals surface area contributed by atoms with Gasteiger partial charge in [0.05, 0.1) is 11.5 Å². The lowest BCUT2D eigenvalue weighted by Crippen LogP contribution is -2.29. The molecule has 5 heteroatoms. The zero-order valence-electron chi connectivity index (χ0n) is 13.4. The summed E-state index contributed by atoms with van der Waals surface area (Å²) in [5.41, 5.74) is 2.23. The number of carbonyl (C=O) groups is 1. The molecule has 1 saturated heterocycles. The van der Waals surface area contributed by atoms with E-state index >= 15 is 0 Å². The van der Waals surface area contributed by atoms with Crippen molar-refractivity contribution in [2.45, 2.75) is 26.3 Å². The number of amidine groups is 1. The van der Waals surface area contributed by atoms with E-state index in [1.807, 2.05) is 32.1 Å². The fourth-order valence-electron chi connectivity index (χ4n) is 2.56. The van der Waals surface area contributed by atoms with Gasteiger partial charge in [-0.3, -0.25) is 14.7 Å². The molecule has 0 radical (unpaired) electrons. The average molecular weight is 328 g/mol. The van der Waals surface area contributed by atoms with Crippen molar-refractivity contribution in [3.63, 3.8) is 0 Å². The van der Waals surface area contributed by atoms with Gasteiger partial charge >= 0.3 is 0 Å². The summed E-state index contributed by atoms with van der Waals surface area (Å²) >= 11 is 1.43. The maximum Gasteiger partial charge on any atom is 0.267 e. The van der Waals surface area contributed by atoms with Crippen LogP contribution in [0, 0.1) is 0 Å². The van der Waals surface area contributed by atoms with Crippen molar-refractivity contribution in [2.24, 2.45) is 4.99 Å². The molecular weight excluding hydrogens is 308 g/mol. The van der Waals surface area contributed by atoms with Crippen molar-refractivity contribution < 1.29 is 9.53 Å². The number of rotatable bonds is 4. The van der Waals surface area contributed by atoms with E-state index in [1.165, 1.54) is 17.3 Å². The molecule has 0 aliphatic carbocycles. The van der Waals surface area contributed by atoms with Gasteiger partial charge in [-0.2, -0.15) is 0 Å². The molecular formula is C18H20N2O2S. The minimum Gasteiger partial charge on any atom is -0.493 e. The molecule has 2 aliphatic heterocycles. The van der Waals surface area contributed by atoms with E-state index in [1.54, 1.807) is 11.0 Å². The van der Waals surface area contributed by atoms with E-state index in [9.17, 15) is 4.79 Å². The third kappa shape index (κ3) is 3.34. The zero-order valence-corrected chi connectivity index (χ0v) is 14.2. The Morgan fingerprint density at radius 3 is 3.04 bits per heavy atom. The van der Waals surface area contributed by atoms with Gasteiger partial charge in [0.25, 0.3) is 5.91 Å². The Hall–Kier alpha value is -2.01. The SMILES string of the molecule is C=CCN1C(=O)/C(=C/c2ccc3c(c2)CCO3)S/C1=N\C(C)C. The lowest BCUT2D eigenvalue weighted by atomic mass is 10.1. The van der Waals surface area contributed by atoms with Gasteiger partial charge in [-0.25, -0.2) is 0 Å². The molecule has 0 bridgehead atoms. The standard InChI is InChI=1S/C18H20N2O2S/c1-4-8-20-17(21)16(23-18(20)19-12(2)3)11-13-5-6-15-14(10-13)7-9-22-15/h4-6,10-12H,1,7-9H2,2-3H3/b16-11-,19-18-. The molecule has 0 unspecified atom stereocenters. The summed E-state index contributed by atoms with van der Waals surface area (Å²) in [4.78, 5) is 19.5. The van der Waals surface area contributed by atoms with Crippen molar-refractivity contribution in [2.75, 3.05) is 13.2 Å². The highest BCUT2D eigenvalue weighted by Gasteiger charge is 2.32. The number of hydrogen-bond donors (Lipinski definition) is 0. The largest absolute Gasteiger partial charge is 0.493 e. The fourth-order valence-corrected chi connectivity index (χ4v) is 3.68. The van der Waals surface area contributed by atoms with Gasteiger partial charge in [0, 0.05) is 19.0 Å². The van der Waals surface area contributed by atoms with Gasteiger partial charge in [0.1, 0.15) is 5.75 Å². The number of fused-ring (bicyclic) bond motifs is 1. The quantitative estimate of drug-likeness (QED) is 0.627. The number of thioether (sulfide) groups is 1. The molecule has 4 nitrogen and oxygen atoms in total. The number of benzene rings is 1. The number of carbonyl (C=O) groups excluding carboxylic acids is 1. The lowest BCUT2D eigenvalue weighted by Gasteiger charge is -2.13. The molecule has 1 aromatic carbocycles. The van der Waals surface area contributed by atoms with Gasteiger partial charge < -0.3 is 4.74 Å². The molecule has 3 rings (SSSR count). The van der Waals surface area contributed by atoms with E-state index in [-0.39, 0.29) is 11.9 Å². The molecule has 23 heavy (non-hydrogen) atoms. The summed E-state index contributed by atoms with van der Waals surface area (Å²) in [6.45, 7) is 8.96. The van der Waals surface area contributed by atoms with Crippen LogP contribution in [-0.4, -0.2) is 35.2 Å². The Balaban J connectivity index is 1.90. The molecule has 1 aromatic rings. The third-order valence-electron chi connectivity index (χ3n) is 3.58. The topological polar surface area (TPSA) is 41.9 Å². The number of ether oxygens (including phenoxy) is 1. The second kappa shape index (κ2) is 6.62. The first-order valence-corrected chi connectivity index (χ1v) is 8.56. The first-order valence-electron chi connectivity index (χ1n) is 7.74. The summed E-state index contributed by atoms with van der Waals surface area (Å²) in [6.07, 6.45) is 4.59. The minimum absolute atomic E-state index is 0.00829. The first-order chi connectivity index (χ1) is 11.1. The van der Waals surface area contributed by atoms with E-state index in [0.29, 0.717) is 11.4 Å². The summed E-state index contributed by atoms with van der Waals surface area (Å²) < 4.78 is 5.52. The van der Waals surface area contributed by atoms with Crippen LogP contribution in [0.2, 0.25) is 0 Å². The number of hydrogen-bond acceptors (Lipinski definition) is 4. The van der Waals surface area contributed by atoms with Crippen molar-refractivity contribution in [3.05, 3.63) is 46.9 Å². The van der Waals surface area contributed by atoms with E-state index < -0.39 is 0 Å². The highest BCUT2D eigenvalue weighted by atomic mass is 32.2. The van der Waals surface area contributed by atoms with Crippen LogP contribution in [-0.2, 0) is 11.2 Å². The Morgan fingerprint density at radius 2 is 2.30 bits per heavy atom. The van der Waals surface area contributed by atoms with Crippen molar-refractivity contribution in [1.82, 2.24) is 4.90 Å². The van der Waals surface area contributed by atoms with Gasteiger partial charge in [-0.05, 0) is 54.9 Å². The van der Waals surface area contributed by atoms with Gasteiger partial charge in [0.2, 0.25) is 0 Å². The third-order valence-corrected chi connectivity index (χ3v) is 4.60. The van der Waals surface area contributed by atoms with E-state index in [4.69, 9.17) is 4.74 Å². The Labute approximate surface area is 140 Å². The second-order valence-corrected chi connectivity index (χ2v) is 6.80. The molecule has 0 spiro atoms. The van der Waals surface area contributed by atoms with Crippen LogP contribution in [0.5, 0.6) is 5.75 Å². The Bertz CT molecular complexity index is 707. The molecule has 2 aliphatic rings. The first kappa shape index (κ1) is 15.9. The summed E-state index contributed by atoms with van der Waals surface area (Å²) in [5, 5.41) is 0.751. The predicted molar refractivity (Wildman–Crippen MR) is 95.7 cm³/mol. The average Bonchev–Trinajstić information content (AvgIpc) is 3.07. The zero-order chi connectivity index (χ0) is 16.4. The smallest absolute Gasteiger partial charge is 0.267 e. The molecule has 0 atom stereocenters. The highest BCUT2D eigenvalue weighted by molar-refractivity contribution is 8.18. The van der Waals surface area contributed by atoms with Crippen LogP contribution in [0.4, 0.5) is 0 Å². The molecule has 0 aromatic heterocycles. The van der Waals surface area contributed by atoms with Crippen molar-refractivity contribution in [3.8, 4) is 5.75 Å². The molecule has 1 fully saturated rings. The van der Waals surface area contributed by atoms with Gasteiger partial charge in [-0.1, -0.05) is 12.1 Å². The summed E-state index contributed by atoms with van der Waals surface area (Å²) in [7, 11) is 0. The van der Waals surface area contributed by atoms with Crippen molar-refractivity contribution in [1.29, 1.82) is 0 Å². The summed E-state index contributed by atoms with van der Waals surface area (Å²) in [6, 6.07) is 6.21. The lowest BCUT2D eigenvalue weighted by molar-refractivity contribution is -0.121. The van der Waals surface area contributed by atoms with Crippen LogP contribution in [0.1, 0.15) is 25.0 Å². The van der Waals surface area contributed by atoms with Gasteiger partial charge in [-0.15, -0.1) is 6.58 Å². The van der Waals surface area contributed by atoms with Crippen LogP contribution >= 0.6 is 11.8 Å². The normalized spacial score (nSPS) is 20.5. The van der Waals surface area contributed by atoms with E-state index in [2.05, 4.69) is 17.6 Å². The number of aliphatic imine (C=N–C) groups is 1. The Kier molecular flexibility index (Phi) is 4.57. The predicted octanol–water partition coefficient (Wildman–Crippen LogP) is 3.49. The van der Waals surface area contributed by atoms with E-state index in [0.717, 1.165) is 29.5 Å². The van der Waals surface area contributed by atoms with Crippen LogP contribution < -0.4 is 4.74 Å². The van der Waals surface area contributed by atoms with Gasteiger partial charge in [0.15, 0.2) is 5.17 Å². The molecule has 120 valence electrons. The minimum atomic E-state index is -0.00829. The molecule has 0 N–H and O–H groups in total.